The van der Waals surface area contributed by atoms with Crippen LogP contribution < -0.4 is 0 Å². The molecule has 1 rings (SSSR count). The van der Waals surface area contributed by atoms with Crippen LogP contribution in [0.15, 0.2) is 35.3 Å². The van der Waals surface area contributed by atoms with Crippen molar-refractivity contribution in [1.82, 2.24) is 0 Å². The highest BCUT2D eigenvalue weighted by molar-refractivity contribution is 9.11. The first-order valence-electron chi connectivity index (χ1n) is 10.3. The number of unbranched alkanes of at least 4 members (excludes halogenated alkanes) is 1. The van der Waals surface area contributed by atoms with Crippen LogP contribution in [0, 0.1) is 0 Å². The van der Waals surface area contributed by atoms with Crippen molar-refractivity contribution in [3.8, 4) is 0 Å². The van der Waals surface area contributed by atoms with Gasteiger partial charge in [0.2, 0.25) is 0 Å². The molecule has 0 spiro atoms. The van der Waals surface area contributed by atoms with Gasteiger partial charge in [0.05, 0.1) is 0 Å². The molecule has 0 bridgehead atoms. The first kappa shape index (κ1) is 23.7. The van der Waals surface area contributed by atoms with Crippen LogP contribution in [0.3, 0.4) is 0 Å². The van der Waals surface area contributed by atoms with Crippen molar-refractivity contribution in [1.29, 1.82) is 0 Å². The summed E-state index contributed by atoms with van der Waals surface area (Å²) in [5.41, 5.74) is 4.88. The van der Waals surface area contributed by atoms with Gasteiger partial charge in [-0.3, -0.25) is 0 Å². The topological polar surface area (TPSA) is 9.23 Å². The molecule has 0 aliphatic rings. The Morgan fingerprint density at radius 2 is 1.31 bits per heavy atom. The SMILES string of the molecule is CC(C)[Si](OCCCc1ccc(CCC/C=C/Br)cc1)(C(C)C)C(C)C. The van der Waals surface area contributed by atoms with Crippen LogP contribution in [-0.4, -0.2) is 14.9 Å². The second kappa shape index (κ2) is 12.1. The Hall–Kier alpha value is -0.383. The van der Waals surface area contributed by atoms with Crippen molar-refractivity contribution in [2.75, 3.05) is 6.61 Å². The van der Waals surface area contributed by atoms with E-state index in [9.17, 15) is 0 Å². The Balaban J connectivity index is 2.47. The monoisotopic (exact) mass is 438 g/mol. The zero-order valence-corrected chi connectivity index (χ0v) is 20.3. The predicted octanol–water partition coefficient (Wildman–Crippen LogP) is 8.04. The average molecular weight is 440 g/mol. The standard InChI is InChI=1S/C23H39BrOSi/c1-19(2)26(20(3)4,21(5)6)25-18-10-12-23-15-13-22(14-16-23)11-8-7-9-17-24/h9,13-17,19-21H,7-8,10-12,18H2,1-6H3/b17-9+. The van der Waals surface area contributed by atoms with Crippen molar-refractivity contribution in [2.24, 2.45) is 0 Å². The molecule has 3 heteroatoms. The highest BCUT2D eigenvalue weighted by atomic mass is 79.9. The fraction of sp³-hybridized carbons (Fsp3) is 0.652. The Morgan fingerprint density at radius 1 is 0.846 bits per heavy atom. The molecule has 26 heavy (non-hydrogen) atoms. The molecule has 0 aromatic heterocycles. The van der Waals surface area contributed by atoms with Gasteiger partial charge in [-0.1, -0.05) is 87.8 Å². The number of aryl methyl sites for hydroxylation is 2. The number of rotatable bonds is 12. The molecule has 1 aromatic rings. The number of hydrogen-bond donors (Lipinski definition) is 0. The van der Waals surface area contributed by atoms with Crippen molar-refractivity contribution >= 4 is 24.2 Å². The maximum absolute atomic E-state index is 6.66. The van der Waals surface area contributed by atoms with Crippen molar-refractivity contribution < 1.29 is 4.43 Å². The third-order valence-electron chi connectivity index (χ3n) is 5.62. The molecule has 0 atom stereocenters. The van der Waals surface area contributed by atoms with Crippen molar-refractivity contribution in [3.05, 3.63) is 46.5 Å². The summed E-state index contributed by atoms with van der Waals surface area (Å²) >= 11 is 3.32. The molecular formula is C23H39BrOSi. The number of hydrogen-bond acceptors (Lipinski definition) is 1. The van der Waals surface area contributed by atoms with E-state index in [0.29, 0.717) is 16.6 Å². The Kier molecular flexibility index (Phi) is 11.1. The largest absolute Gasteiger partial charge is 0.416 e. The zero-order chi connectivity index (χ0) is 19.6. The van der Waals surface area contributed by atoms with Crippen LogP contribution in [0.25, 0.3) is 0 Å². The van der Waals surface area contributed by atoms with Crippen LogP contribution in [0.1, 0.15) is 71.9 Å². The molecular weight excluding hydrogens is 400 g/mol. The van der Waals surface area contributed by atoms with E-state index in [2.05, 4.69) is 87.8 Å². The third kappa shape index (κ3) is 6.98. The lowest BCUT2D eigenvalue weighted by Crippen LogP contribution is -2.48. The van der Waals surface area contributed by atoms with Gasteiger partial charge >= 0.3 is 0 Å². The van der Waals surface area contributed by atoms with Gasteiger partial charge in [-0.05, 0) is 64.8 Å². The van der Waals surface area contributed by atoms with Gasteiger partial charge in [-0.2, -0.15) is 0 Å². The summed E-state index contributed by atoms with van der Waals surface area (Å²) in [6.45, 7) is 15.1. The van der Waals surface area contributed by atoms with E-state index in [1.54, 1.807) is 0 Å². The Morgan fingerprint density at radius 3 is 1.73 bits per heavy atom. The fourth-order valence-electron chi connectivity index (χ4n) is 4.38. The summed E-state index contributed by atoms with van der Waals surface area (Å²) in [6, 6.07) is 9.19. The van der Waals surface area contributed by atoms with Gasteiger partial charge in [0.1, 0.15) is 0 Å². The van der Waals surface area contributed by atoms with E-state index < -0.39 is 8.32 Å². The molecule has 0 aliphatic heterocycles. The molecule has 0 fully saturated rings. The lowest BCUT2D eigenvalue weighted by Gasteiger charge is -2.42. The minimum Gasteiger partial charge on any atom is -0.416 e. The minimum atomic E-state index is -1.71. The molecule has 1 nitrogen and oxygen atoms in total. The number of benzene rings is 1. The summed E-state index contributed by atoms with van der Waals surface area (Å²) in [7, 11) is -1.71. The van der Waals surface area contributed by atoms with E-state index >= 15 is 0 Å². The van der Waals surface area contributed by atoms with Crippen LogP contribution in [0.2, 0.25) is 16.6 Å². The van der Waals surface area contributed by atoms with Gasteiger partial charge in [0.15, 0.2) is 8.32 Å². The van der Waals surface area contributed by atoms with Crippen LogP contribution in [-0.2, 0) is 17.3 Å². The molecule has 0 N–H and O–H groups in total. The van der Waals surface area contributed by atoms with Crippen molar-refractivity contribution in [3.63, 3.8) is 0 Å². The summed E-state index contributed by atoms with van der Waals surface area (Å²) in [4.78, 5) is 1.95. The molecule has 1 aromatic carbocycles. The molecule has 0 radical (unpaired) electrons. The molecule has 0 unspecified atom stereocenters. The van der Waals surface area contributed by atoms with Crippen LogP contribution in [0.5, 0.6) is 0 Å². The molecule has 0 heterocycles. The van der Waals surface area contributed by atoms with E-state index in [-0.39, 0.29) is 0 Å². The quantitative estimate of drug-likeness (QED) is 0.236. The highest BCUT2D eigenvalue weighted by Gasteiger charge is 2.44. The van der Waals surface area contributed by atoms with E-state index in [4.69, 9.17) is 4.43 Å². The number of halogens is 1. The average Bonchev–Trinajstić information content (AvgIpc) is 2.59. The highest BCUT2D eigenvalue weighted by Crippen LogP contribution is 2.42. The molecule has 0 amide bonds. The molecule has 0 aliphatic carbocycles. The first-order chi connectivity index (χ1) is 12.3. The lowest BCUT2D eigenvalue weighted by atomic mass is 10.0. The van der Waals surface area contributed by atoms with E-state index in [1.165, 1.54) is 17.5 Å². The van der Waals surface area contributed by atoms with E-state index in [0.717, 1.165) is 32.3 Å². The summed E-state index contributed by atoms with van der Waals surface area (Å²) in [6.07, 6.45) is 7.91. The molecule has 0 saturated carbocycles. The summed E-state index contributed by atoms with van der Waals surface area (Å²) in [5.74, 6) is 0. The maximum Gasteiger partial charge on any atom is 0.200 e. The fourth-order valence-corrected chi connectivity index (χ4v) is 10.1. The number of allylic oxidation sites excluding steroid dienone is 1. The molecule has 0 saturated heterocycles. The van der Waals surface area contributed by atoms with Crippen molar-refractivity contribution in [2.45, 2.75) is 90.3 Å². The van der Waals surface area contributed by atoms with Crippen LogP contribution >= 0.6 is 15.9 Å². The minimum absolute atomic E-state index is 0.668. The summed E-state index contributed by atoms with van der Waals surface area (Å²) in [5, 5.41) is 0. The predicted molar refractivity (Wildman–Crippen MR) is 123 cm³/mol. The van der Waals surface area contributed by atoms with Gasteiger partial charge in [0.25, 0.3) is 0 Å². The van der Waals surface area contributed by atoms with Gasteiger partial charge in [-0.15, -0.1) is 0 Å². The maximum atomic E-state index is 6.66. The zero-order valence-electron chi connectivity index (χ0n) is 17.7. The first-order valence-corrected chi connectivity index (χ1v) is 13.4. The second-order valence-electron chi connectivity index (χ2n) is 8.34. The van der Waals surface area contributed by atoms with Crippen LogP contribution in [0.4, 0.5) is 0 Å². The van der Waals surface area contributed by atoms with Gasteiger partial charge in [-0.25, -0.2) is 0 Å². The Bertz CT molecular complexity index is 498. The second-order valence-corrected chi connectivity index (χ2v) is 14.3. The summed E-state index contributed by atoms with van der Waals surface area (Å²) < 4.78 is 6.66. The Labute approximate surface area is 171 Å². The lowest BCUT2D eigenvalue weighted by molar-refractivity contribution is 0.272. The third-order valence-corrected chi connectivity index (χ3v) is 12.1. The van der Waals surface area contributed by atoms with Gasteiger partial charge < -0.3 is 4.43 Å². The van der Waals surface area contributed by atoms with Gasteiger partial charge in [0, 0.05) is 6.61 Å². The normalized spacial score (nSPS) is 12.8. The van der Waals surface area contributed by atoms with E-state index in [1.807, 2.05) is 4.99 Å². The molecule has 148 valence electrons. The smallest absolute Gasteiger partial charge is 0.200 e.